The molecule has 0 aromatic heterocycles. The number of nitrogens with zero attached hydrogens (tertiary/aromatic N) is 1. The standard InChI is InChI=1S/C4H6O3.NO3.Ti/c1-3(5)2-4(6)7;2-1(3)4;/h2H2,1H3,(H,6,7);;/q;-1;+2/p-1. The van der Waals surface area contributed by atoms with Crippen LogP contribution in [0.1, 0.15) is 13.3 Å². The SMILES string of the molecule is CC(=O)CC(=O)[O-].O=[N+]([O-])[O-].[Ti+2]. The van der Waals surface area contributed by atoms with Gasteiger partial charge >= 0.3 is 21.7 Å². The molecule has 0 aliphatic heterocycles. The van der Waals surface area contributed by atoms with E-state index in [1.165, 1.54) is 6.92 Å². The Morgan fingerprint density at radius 3 is 1.58 bits per heavy atom. The Kier molecular flexibility index (Phi) is 14.4. The zero-order chi connectivity index (χ0) is 9.44. The number of ketones is 1. The number of carbonyl (C=O) groups excluding carboxylic acids is 2. The van der Waals surface area contributed by atoms with E-state index in [2.05, 4.69) is 0 Å². The molecule has 0 saturated heterocycles. The van der Waals surface area contributed by atoms with Crippen molar-refractivity contribution in [1.82, 2.24) is 0 Å². The van der Waals surface area contributed by atoms with Gasteiger partial charge in [-0.1, -0.05) is 0 Å². The molecule has 0 amide bonds. The number of Topliss-reactive ketones (excluding diaryl/α,β-unsaturated/α-hetero) is 1. The summed E-state index contributed by atoms with van der Waals surface area (Å²) < 4.78 is 0. The van der Waals surface area contributed by atoms with Crippen LogP contribution >= 0.6 is 0 Å². The zero-order valence-electron chi connectivity index (χ0n) is 6.10. The molecule has 0 aliphatic rings. The molecule has 0 spiro atoms. The summed E-state index contributed by atoms with van der Waals surface area (Å²) in [6.45, 7) is 1.20. The van der Waals surface area contributed by atoms with Crippen LogP contribution in [0.2, 0.25) is 0 Å². The third-order valence-corrected chi connectivity index (χ3v) is 0.393. The molecular formula is C4H5NO6Ti. The molecule has 12 heavy (non-hydrogen) atoms. The molecule has 66 valence electrons. The van der Waals surface area contributed by atoms with Crippen LogP contribution in [-0.2, 0) is 31.3 Å². The van der Waals surface area contributed by atoms with Crippen molar-refractivity contribution in [3.63, 3.8) is 0 Å². The number of rotatable bonds is 2. The summed E-state index contributed by atoms with van der Waals surface area (Å²) >= 11 is 0. The molecule has 0 heterocycles. The van der Waals surface area contributed by atoms with Crippen molar-refractivity contribution in [2.75, 3.05) is 0 Å². The normalized spacial score (nSPS) is 6.75. The van der Waals surface area contributed by atoms with Gasteiger partial charge in [-0.15, -0.1) is 0 Å². The van der Waals surface area contributed by atoms with Gasteiger partial charge in [-0.2, -0.15) is 0 Å². The Morgan fingerprint density at radius 2 is 1.58 bits per heavy atom. The van der Waals surface area contributed by atoms with E-state index in [-0.39, 0.29) is 27.5 Å². The maximum absolute atomic E-state index is 9.83. The smallest absolute Gasteiger partial charge is 0.550 e. The van der Waals surface area contributed by atoms with Gasteiger partial charge in [0.25, 0.3) is 0 Å². The first kappa shape index (κ1) is 17.2. The quantitative estimate of drug-likeness (QED) is 0.236. The van der Waals surface area contributed by atoms with Crippen LogP contribution < -0.4 is 5.11 Å². The van der Waals surface area contributed by atoms with Crippen LogP contribution in [0, 0.1) is 15.3 Å². The van der Waals surface area contributed by atoms with Crippen LogP contribution in [0.15, 0.2) is 0 Å². The van der Waals surface area contributed by atoms with E-state index in [0.717, 1.165) is 0 Å². The van der Waals surface area contributed by atoms with E-state index in [1.807, 2.05) is 0 Å². The molecule has 0 rings (SSSR count). The van der Waals surface area contributed by atoms with Gasteiger partial charge in [0.2, 0.25) is 0 Å². The average molecular weight is 211 g/mol. The van der Waals surface area contributed by atoms with Crippen LogP contribution in [0.25, 0.3) is 0 Å². The third kappa shape index (κ3) is 63.0. The summed E-state index contributed by atoms with van der Waals surface area (Å²) in [6, 6.07) is 0. The minimum absolute atomic E-state index is 0. The monoisotopic (exact) mass is 211 g/mol. The van der Waals surface area contributed by atoms with E-state index in [1.54, 1.807) is 0 Å². The van der Waals surface area contributed by atoms with Gasteiger partial charge in [0.15, 0.2) is 0 Å². The first-order chi connectivity index (χ1) is 4.86. The van der Waals surface area contributed by atoms with Crippen molar-refractivity contribution >= 4 is 11.8 Å². The Hall–Kier alpha value is -0.946. The summed E-state index contributed by atoms with van der Waals surface area (Å²) in [5, 5.41) is 24.2. The average Bonchev–Trinajstić information content (AvgIpc) is 1.56. The Morgan fingerprint density at radius 1 is 1.33 bits per heavy atom. The number of hydrogen-bond acceptors (Lipinski definition) is 6. The molecule has 0 aliphatic carbocycles. The van der Waals surface area contributed by atoms with E-state index >= 15 is 0 Å². The second-order valence-corrected chi connectivity index (χ2v) is 1.47. The van der Waals surface area contributed by atoms with Gasteiger partial charge in [0.05, 0.1) is 5.09 Å². The van der Waals surface area contributed by atoms with Crippen molar-refractivity contribution in [3.05, 3.63) is 15.3 Å². The second kappa shape index (κ2) is 10.1. The van der Waals surface area contributed by atoms with Gasteiger partial charge < -0.3 is 25.2 Å². The number of hydrogen-bond donors (Lipinski definition) is 0. The van der Waals surface area contributed by atoms with E-state index in [0.29, 0.717) is 0 Å². The van der Waals surface area contributed by atoms with Gasteiger partial charge in [0, 0.05) is 12.4 Å². The largest absolute Gasteiger partial charge is 2.00 e. The van der Waals surface area contributed by atoms with Crippen LogP contribution in [0.4, 0.5) is 0 Å². The molecule has 0 saturated carbocycles. The summed E-state index contributed by atoms with van der Waals surface area (Å²) in [6.07, 6.45) is -0.472. The predicted molar refractivity (Wildman–Crippen MR) is 30.7 cm³/mol. The van der Waals surface area contributed by atoms with Crippen LogP contribution in [0.5, 0.6) is 0 Å². The molecular weight excluding hydrogens is 206 g/mol. The summed E-state index contributed by atoms with van der Waals surface area (Å²) in [5.41, 5.74) is 0. The fourth-order valence-corrected chi connectivity index (χ4v) is 0.203. The molecule has 0 unspecified atom stereocenters. The zero-order valence-corrected chi connectivity index (χ0v) is 7.67. The number of carbonyl (C=O) groups is 2. The molecule has 0 aromatic carbocycles. The van der Waals surface area contributed by atoms with Crippen molar-refractivity contribution in [3.8, 4) is 0 Å². The van der Waals surface area contributed by atoms with E-state index in [9.17, 15) is 14.7 Å². The van der Waals surface area contributed by atoms with Gasteiger partial charge in [0.1, 0.15) is 5.78 Å². The number of aliphatic carboxylic acids is 1. The fraction of sp³-hybridized carbons (Fsp3) is 0.500. The topological polar surface area (TPSA) is 123 Å². The van der Waals surface area contributed by atoms with Gasteiger partial charge in [-0.25, -0.2) is 0 Å². The Bertz CT molecular complexity index is 153. The molecule has 7 nitrogen and oxygen atoms in total. The molecule has 0 N–H and O–H groups in total. The maximum Gasteiger partial charge on any atom is 2.00 e. The Balaban J connectivity index is -0.000000142. The number of carboxylic acid groups (broad SMARTS) is 1. The number of carboxylic acids is 1. The van der Waals surface area contributed by atoms with Crippen molar-refractivity contribution < 1.29 is 41.5 Å². The van der Waals surface area contributed by atoms with Crippen molar-refractivity contribution in [2.24, 2.45) is 0 Å². The van der Waals surface area contributed by atoms with Crippen molar-refractivity contribution in [2.45, 2.75) is 13.3 Å². The molecule has 8 heteroatoms. The summed E-state index contributed by atoms with van der Waals surface area (Å²) in [5.74, 6) is -1.69. The minimum Gasteiger partial charge on any atom is -0.550 e. The first-order valence-electron chi connectivity index (χ1n) is 2.37. The van der Waals surface area contributed by atoms with Gasteiger partial charge in [-0.3, -0.25) is 4.79 Å². The van der Waals surface area contributed by atoms with Crippen molar-refractivity contribution in [1.29, 1.82) is 0 Å². The summed E-state index contributed by atoms with van der Waals surface area (Å²) in [7, 11) is 0. The van der Waals surface area contributed by atoms with E-state index in [4.69, 9.17) is 15.3 Å². The van der Waals surface area contributed by atoms with E-state index < -0.39 is 17.5 Å². The van der Waals surface area contributed by atoms with Crippen LogP contribution in [-0.4, -0.2) is 16.8 Å². The Labute approximate surface area is 82.4 Å². The second-order valence-electron chi connectivity index (χ2n) is 1.47. The molecule has 0 radical (unpaired) electrons. The first-order valence-corrected chi connectivity index (χ1v) is 2.37. The minimum atomic E-state index is -1.75. The molecule has 0 bridgehead atoms. The van der Waals surface area contributed by atoms with Crippen LogP contribution in [0.3, 0.4) is 0 Å². The summed E-state index contributed by atoms with van der Waals surface area (Å²) in [4.78, 5) is 27.6. The maximum atomic E-state index is 9.83. The van der Waals surface area contributed by atoms with Gasteiger partial charge in [-0.05, 0) is 6.92 Å². The molecule has 0 fully saturated rings. The molecule has 0 atom stereocenters. The third-order valence-electron chi connectivity index (χ3n) is 0.393. The predicted octanol–water partition coefficient (Wildman–Crippen LogP) is -1.53. The molecule has 0 aromatic rings. The fourth-order valence-electron chi connectivity index (χ4n) is 0.203.